The Morgan fingerprint density at radius 3 is 2.81 bits per heavy atom. The van der Waals surface area contributed by atoms with E-state index in [9.17, 15) is 0 Å². The zero-order chi connectivity index (χ0) is 18.9. The number of rotatable bonds is 5. The number of fused-ring (bicyclic) bond motifs is 2. The number of hydrogen-bond donors (Lipinski definition) is 1. The smallest absolute Gasteiger partial charge is 0.0623 e. The second-order valence-corrected chi connectivity index (χ2v) is 7.79. The van der Waals surface area contributed by atoms with Gasteiger partial charge in [0.05, 0.1) is 12.2 Å². The SMILES string of the molecule is C=C/C=C\C1=C(C)[C@@]2(CC1)CCc1cccc(NCc3ncccc3C)c12. The summed E-state index contributed by atoms with van der Waals surface area (Å²) >= 11 is 0. The fraction of sp³-hybridized carbons (Fsp3) is 0.320. The van der Waals surface area contributed by atoms with Gasteiger partial charge in [-0.15, -0.1) is 0 Å². The maximum absolute atomic E-state index is 4.55. The molecule has 2 aliphatic carbocycles. The number of nitrogens with one attached hydrogen (secondary N) is 1. The number of hydrogen-bond acceptors (Lipinski definition) is 2. The van der Waals surface area contributed by atoms with Crippen molar-refractivity contribution >= 4 is 5.69 Å². The summed E-state index contributed by atoms with van der Waals surface area (Å²) in [6, 6.07) is 10.9. The molecule has 2 nitrogen and oxygen atoms in total. The van der Waals surface area contributed by atoms with Crippen LogP contribution < -0.4 is 5.32 Å². The lowest BCUT2D eigenvalue weighted by Crippen LogP contribution is -2.23. The highest BCUT2D eigenvalue weighted by Crippen LogP contribution is 2.55. The number of anilines is 1. The Morgan fingerprint density at radius 2 is 2.00 bits per heavy atom. The van der Waals surface area contributed by atoms with E-state index in [0.717, 1.165) is 18.7 Å². The van der Waals surface area contributed by atoms with Crippen LogP contribution in [0, 0.1) is 6.92 Å². The van der Waals surface area contributed by atoms with Crippen molar-refractivity contribution in [2.75, 3.05) is 5.32 Å². The van der Waals surface area contributed by atoms with E-state index < -0.39 is 0 Å². The highest BCUT2D eigenvalue weighted by molar-refractivity contribution is 5.65. The summed E-state index contributed by atoms with van der Waals surface area (Å²) in [6.07, 6.45) is 12.8. The van der Waals surface area contributed by atoms with E-state index in [1.807, 2.05) is 18.3 Å². The molecule has 0 aliphatic heterocycles. The van der Waals surface area contributed by atoms with E-state index in [-0.39, 0.29) is 5.41 Å². The van der Waals surface area contributed by atoms with Crippen molar-refractivity contribution in [3.63, 3.8) is 0 Å². The maximum Gasteiger partial charge on any atom is 0.0623 e. The van der Waals surface area contributed by atoms with E-state index in [4.69, 9.17) is 0 Å². The molecule has 1 spiro atoms. The molecule has 2 heteroatoms. The lowest BCUT2D eigenvalue weighted by atomic mass is 9.75. The van der Waals surface area contributed by atoms with Crippen molar-refractivity contribution in [1.82, 2.24) is 4.98 Å². The van der Waals surface area contributed by atoms with E-state index in [1.165, 1.54) is 47.2 Å². The predicted octanol–water partition coefficient (Wildman–Crippen LogP) is 6.04. The van der Waals surface area contributed by atoms with Gasteiger partial charge in [-0.2, -0.15) is 0 Å². The lowest BCUT2D eigenvalue weighted by molar-refractivity contribution is 0.494. The zero-order valence-electron chi connectivity index (χ0n) is 16.4. The molecule has 0 saturated heterocycles. The summed E-state index contributed by atoms with van der Waals surface area (Å²) < 4.78 is 0. The first-order valence-electron chi connectivity index (χ1n) is 9.92. The van der Waals surface area contributed by atoms with Gasteiger partial charge in [0.2, 0.25) is 0 Å². The zero-order valence-corrected chi connectivity index (χ0v) is 16.4. The van der Waals surface area contributed by atoms with Gasteiger partial charge >= 0.3 is 0 Å². The Morgan fingerprint density at radius 1 is 1.15 bits per heavy atom. The van der Waals surface area contributed by atoms with Gasteiger partial charge in [0.15, 0.2) is 0 Å². The molecule has 0 radical (unpaired) electrons. The second-order valence-electron chi connectivity index (χ2n) is 7.79. The van der Waals surface area contributed by atoms with Crippen LogP contribution >= 0.6 is 0 Å². The molecule has 0 unspecified atom stereocenters. The van der Waals surface area contributed by atoms with E-state index >= 15 is 0 Å². The topological polar surface area (TPSA) is 24.9 Å². The highest BCUT2D eigenvalue weighted by Gasteiger charge is 2.45. The average Bonchev–Trinajstić information content (AvgIpc) is 3.22. The van der Waals surface area contributed by atoms with Crippen molar-refractivity contribution in [1.29, 1.82) is 0 Å². The van der Waals surface area contributed by atoms with Crippen molar-refractivity contribution < 1.29 is 0 Å². The van der Waals surface area contributed by atoms with Gasteiger partial charge in [-0.25, -0.2) is 0 Å². The third kappa shape index (κ3) is 3.03. The molecule has 4 rings (SSSR count). The van der Waals surface area contributed by atoms with Crippen LogP contribution in [-0.4, -0.2) is 4.98 Å². The molecule has 1 aromatic carbocycles. The lowest BCUT2D eigenvalue weighted by Gasteiger charge is -2.30. The number of benzene rings is 1. The highest BCUT2D eigenvalue weighted by atomic mass is 14.9. The van der Waals surface area contributed by atoms with Crippen LogP contribution in [0.2, 0.25) is 0 Å². The summed E-state index contributed by atoms with van der Waals surface area (Å²) in [4.78, 5) is 4.55. The van der Waals surface area contributed by atoms with Gasteiger partial charge in [-0.1, -0.05) is 48.6 Å². The Labute approximate surface area is 162 Å². The van der Waals surface area contributed by atoms with Gasteiger partial charge in [-0.3, -0.25) is 4.98 Å². The van der Waals surface area contributed by atoms with Crippen LogP contribution in [0.3, 0.4) is 0 Å². The Bertz CT molecular complexity index is 935. The number of aryl methyl sites for hydroxylation is 2. The minimum atomic E-state index is 0.193. The molecule has 1 aromatic heterocycles. The van der Waals surface area contributed by atoms with Gasteiger partial charge in [-0.05, 0) is 73.9 Å². The van der Waals surface area contributed by atoms with Crippen LogP contribution in [0.1, 0.15) is 48.6 Å². The van der Waals surface area contributed by atoms with Crippen molar-refractivity contribution in [3.05, 3.63) is 94.9 Å². The van der Waals surface area contributed by atoms with Gasteiger partial charge in [0, 0.05) is 17.3 Å². The standard InChI is InChI=1S/C25H28N2/c1-4-5-9-20-12-14-25(19(20)3)15-13-21-10-6-11-22(24(21)25)27-17-23-18(2)8-7-16-26-23/h4-11,16,27H,1,12-15,17H2,2-3H3/b9-5-/t25-/m1/s1. The number of allylic oxidation sites excluding steroid dienone is 5. The molecule has 2 aliphatic rings. The van der Waals surface area contributed by atoms with Gasteiger partial charge < -0.3 is 5.32 Å². The van der Waals surface area contributed by atoms with E-state index in [1.54, 1.807) is 5.57 Å². The normalized spacial score (nSPS) is 21.3. The first-order chi connectivity index (χ1) is 13.2. The second kappa shape index (κ2) is 7.19. The van der Waals surface area contributed by atoms with Gasteiger partial charge in [0.1, 0.15) is 0 Å². The van der Waals surface area contributed by atoms with E-state index in [2.05, 4.69) is 67.1 Å². The summed E-state index contributed by atoms with van der Waals surface area (Å²) in [5.74, 6) is 0. The Balaban J connectivity index is 1.69. The van der Waals surface area contributed by atoms with Crippen LogP contribution in [0.5, 0.6) is 0 Å². The van der Waals surface area contributed by atoms with Crippen LogP contribution in [0.25, 0.3) is 0 Å². The van der Waals surface area contributed by atoms with Crippen LogP contribution in [-0.2, 0) is 18.4 Å². The maximum atomic E-state index is 4.55. The third-order valence-corrected chi connectivity index (χ3v) is 6.47. The fourth-order valence-corrected chi connectivity index (χ4v) is 4.92. The first kappa shape index (κ1) is 17.8. The minimum absolute atomic E-state index is 0.193. The fourth-order valence-electron chi connectivity index (χ4n) is 4.92. The first-order valence-corrected chi connectivity index (χ1v) is 9.92. The molecular formula is C25H28N2. The number of nitrogens with zero attached hydrogens (tertiary/aromatic N) is 1. The minimum Gasteiger partial charge on any atom is -0.379 e. The average molecular weight is 357 g/mol. The third-order valence-electron chi connectivity index (χ3n) is 6.47. The molecule has 1 heterocycles. The Kier molecular flexibility index (Phi) is 4.73. The predicted molar refractivity (Wildman–Crippen MR) is 114 cm³/mol. The Hall–Kier alpha value is -2.61. The molecular weight excluding hydrogens is 328 g/mol. The molecule has 1 atom stereocenters. The number of pyridine rings is 1. The molecule has 0 fully saturated rings. The quantitative estimate of drug-likeness (QED) is 0.661. The summed E-state index contributed by atoms with van der Waals surface area (Å²) in [5, 5.41) is 3.71. The summed E-state index contributed by atoms with van der Waals surface area (Å²) in [6.45, 7) is 9.06. The van der Waals surface area contributed by atoms with Crippen molar-refractivity contribution in [2.24, 2.45) is 0 Å². The molecule has 27 heavy (non-hydrogen) atoms. The van der Waals surface area contributed by atoms with Crippen LogP contribution in [0.4, 0.5) is 5.69 Å². The van der Waals surface area contributed by atoms with Crippen molar-refractivity contribution in [3.8, 4) is 0 Å². The van der Waals surface area contributed by atoms with Crippen LogP contribution in [0.15, 0.2) is 72.5 Å². The molecule has 0 saturated carbocycles. The molecule has 0 amide bonds. The molecule has 1 N–H and O–H groups in total. The largest absolute Gasteiger partial charge is 0.379 e. The molecule has 0 bridgehead atoms. The number of aromatic nitrogens is 1. The monoisotopic (exact) mass is 356 g/mol. The van der Waals surface area contributed by atoms with Gasteiger partial charge in [0.25, 0.3) is 0 Å². The van der Waals surface area contributed by atoms with E-state index in [0.29, 0.717) is 0 Å². The summed E-state index contributed by atoms with van der Waals surface area (Å²) in [5.41, 5.74) is 9.89. The molecule has 138 valence electrons. The summed E-state index contributed by atoms with van der Waals surface area (Å²) in [7, 11) is 0. The molecule has 2 aromatic rings. The van der Waals surface area contributed by atoms with Crippen molar-refractivity contribution in [2.45, 2.75) is 51.5 Å².